The predicted molar refractivity (Wildman–Crippen MR) is 160 cm³/mol. The molecule has 2 unspecified atom stereocenters. The van der Waals surface area contributed by atoms with Crippen LogP contribution in [0.1, 0.15) is 45.6 Å². The van der Waals surface area contributed by atoms with Crippen molar-refractivity contribution in [2.24, 2.45) is 17.8 Å². The molecule has 3 fully saturated rings. The highest BCUT2D eigenvalue weighted by Crippen LogP contribution is 2.71. The summed E-state index contributed by atoms with van der Waals surface area (Å²) in [4.78, 5) is 44.2. The molecule has 4 heterocycles. The number of amides is 3. The van der Waals surface area contributed by atoms with E-state index in [1.54, 1.807) is 21.3 Å². The van der Waals surface area contributed by atoms with E-state index in [0.29, 0.717) is 13.0 Å². The molecule has 3 amide bonds. The first-order chi connectivity index (χ1) is 20.2. The Morgan fingerprint density at radius 1 is 1.10 bits per heavy atom. The zero-order valence-corrected chi connectivity index (χ0v) is 25.0. The Kier molecular flexibility index (Phi) is 7.51. The molecule has 1 spiro atoms. The third kappa shape index (κ3) is 4.48. The van der Waals surface area contributed by atoms with E-state index in [4.69, 9.17) is 0 Å². The van der Waals surface area contributed by atoms with E-state index in [-0.39, 0.29) is 36.9 Å². The van der Waals surface area contributed by atoms with Crippen LogP contribution in [-0.4, -0.2) is 70.9 Å². The van der Waals surface area contributed by atoms with Crippen molar-refractivity contribution in [2.75, 3.05) is 6.61 Å². The molecule has 11 heteroatoms. The minimum Gasteiger partial charge on any atom is -0.394 e. The van der Waals surface area contributed by atoms with Crippen LogP contribution in [0.4, 0.5) is 0 Å². The van der Waals surface area contributed by atoms with Crippen LogP contribution in [0.5, 0.6) is 0 Å². The van der Waals surface area contributed by atoms with Crippen molar-refractivity contribution in [2.45, 2.75) is 74.8 Å². The summed E-state index contributed by atoms with van der Waals surface area (Å²) in [5.74, 6) is -1.94. The number of aliphatic hydroxyl groups is 1. The molecule has 0 aliphatic carbocycles. The van der Waals surface area contributed by atoms with Crippen LogP contribution in [0.2, 0.25) is 0 Å². The molecule has 222 valence electrons. The van der Waals surface area contributed by atoms with Gasteiger partial charge in [-0.3, -0.25) is 14.4 Å². The summed E-state index contributed by atoms with van der Waals surface area (Å²) in [5, 5.41) is 25.0. The normalized spacial score (nSPS) is 29.5. The van der Waals surface area contributed by atoms with E-state index in [1.165, 1.54) is 0 Å². The number of nitrogens with one attached hydrogen (secondary N) is 2. The van der Waals surface area contributed by atoms with Crippen LogP contribution in [0, 0.1) is 17.8 Å². The van der Waals surface area contributed by atoms with Crippen molar-refractivity contribution in [3.05, 3.63) is 60.2 Å². The number of carbonyl (C=O) groups excluding carboxylic acids is 3. The molecule has 2 aromatic carbocycles. The number of carbonyl (C=O) groups is 3. The first kappa shape index (κ1) is 28.7. The third-order valence-electron chi connectivity index (χ3n) is 9.72. The van der Waals surface area contributed by atoms with Crippen molar-refractivity contribution < 1.29 is 19.5 Å². The molecule has 10 nitrogen and oxygen atoms in total. The van der Waals surface area contributed by atoms with Crippen molar-refractivity contribution in [3.8, 4) is 0 Å². The molecule has 42 heavy (non-hydrogen) atoms. The number of fused-ring (bicyclic) bond motifs is 2. The molecule has 6 rings (SSSR count). The average molecular weight is 591 g/mol. The van der Waals surface area contributed by atoms with Gasteiger partial charge in [0.25, 0.3) is 0 Å². The number of thioether (sulfide) groups is 1. The van der Waals surface area contributed by atoms with Crippen molar-refractivity contribution in [3.63, 3.8) is 0 Å². The Labute approximate surface area is 249 Å². The standard InChI is InChI=1S/C31H38N6O4S/c1-4-19(2)23(17-38)37-26(28(40)33-18-36-22-13-9-8-12-21(22)34-35-36)31-15-14-30(3,42-31)24(25(31)29(37)41)27(39)32-16-20-10-6-5-7-11-20/h5-13,19,23-26,38H,4,14-18H2,1-3H3,(H,32,39)(H,33,40)/t19-,23-,24+,25-,26?,30-,31?/m0/s1. The second-order valence-corrected chi connectivity index (χ2v) is 14.0. The average Bonchev–Trinajstić information content (AvgIpc) is 3.71. The van der Waals surface area contributed by atoms with Crippen LogP contribution in [0.3, 0.4) is 0 Å². The van der Waals surface area contributed by atoms with Crippen molar-refractivity contribution >= 4 is 40.5 Å². The molecular formula is C31H38N6O4S. The fourth-order valence-electron chi connectivity index (χ4n) is 7.41. The van der Waals surface area contributed by atoms with Crippen molar-refractivity contribution in [1.29, 1.82) is 0 Å². The lowest BCUT2D eigenvalue weighted by Crippen LogP contribution is -2.58. The molecule has 7 atom stereocenters. The zero-order valence-electron chi connectivity index (χ0n) is 24.2. The SMILES string of the molecule is CC[C@H](C)[C@H](CO)N1C(=O)[C@@H]2[C@H](C(=O)NCc3ccccc3)[C@]3(C)CCC2(S3)C1C(=O)NCn1nnc2ccccc21. The lowest BCUT2D eigenvalue weighted by Gasteiger charge is -2.39. The Bertz CT molecular complexity index is 1500. The molecule has 3 aromatic rings. The summed E-state index contributed by atoms with van der Waals surface area (Å²) in [5.41, 5.74) is 2.50. The summed E-state index contributed by atoms with van der Waals surface area (Å²) in [6, 6.07) is 15.9. The van der Waals surface area contributed by atoms with Gasteiger partial charge in [-0.1, -0.05) is 67.9 Å². The van der Waals surface area contributed by atoms with Crippen molar-refractivity contribution in [1.82, 2.24) is 30.5 Å². The fraction of sp³-hybridized carbons (Fsp3) is 0.516. The summed E-state index contributed by atoms with van der Waals surface area (Å²) >= 11 is 1.63. The van der Waals surface area contributed by atoms with Crippen LogP contribution >= 0.6 is 11.8 Å². The van der Waals surface area contributed by atoms with E-state index in [2.05, 4.69) is 27.9 Å². The topological polar surface area (TPSA) is 129 Å². The summed E-state index contributed by atoms with van der Waals surface area (Å²) in [7, 11) is 0. The van der Waals surface area contributed by atoms with Gasteiger partial charge in [0.15, 0.2) is 0 Å². The van der Waals surface area contributed by atoms with Gasteiger partial charge in [-0.05, 0) is 43.4 Å². The first-order valence-electron chi connectivity index (χ1n) is 14.7. The first-order valence-corrected chi connectivity index (χ1v) is 15.6. The molecular weight excluding hydrogens is 552 g/mol. The molecule has 3 aliphatic rings. The molecule has 3 saturated heterocycles. The van der Waals surface area contributed by atoms with Crippen LogP contribution < -0.4 is 10.6 Å². The number of nitrogens with zero attached hydrogens (tertiary/aromatic N) is 4. The van der Waals surface area contributed by atoms with E-state index >= 15 is 0 Å². The molecule has 0 radical (unpaired) electrons. The minimum atomic E-state index is -0.824. The third-order valence-corrected chi connectivity index (χ3v) is 11.7. The number of hydrogen-bond acceptors (Lipinski definition) is 7. The summed E-state index contributed by atoms with van der Waals surface area (Å²) < 4.78 is 0.386. The van der Waals surface area contributed by atoms with Crippen LogP contribution in [-0.2, 0) is 27.6 Å². The van der Waals surface area contributed by atoms with Gasteiger partial charge in [-0.25, -0.2) is 4.68 Å². The van der Waals surface area contributed by atoms with Gasteiger partial charge in [0, 0.05) is 11.3 Å². The van der Waals surface area contributed by atoms with Crippen LogP contribution in [0.15, 0.2) is 54.6 Å². The highest BCUT2D eigenvalue weighted by molar-refractivity contribution is 8.02. The summed E-state index contributed by atoms with van der Waals surface area (Å²) in [6.45, 7) is 6.27. The monoisotopic (exact) mass is 590 g/mol. The largest absolute Gasteiger partial charge is 0.394 e. The maximum atomic E-state index is 14.5. The number of hydrogen-bond donors (Lipinski definition) is 3. The van der Waals surface area contributed by atoms with Crippen LogP contribution in [0.25, 0.3) is 11.0 Å². The second kappa shape index (κ2) is 11.0. The number of likely N-dealkylation sites (tertiary alicyclic amines) is 1. The number of benzene rings is 2. The van der Waals surface area contributed by atoms with E-state index in [1.807, 2.05) is 68.4 Å². The maximum absolute atomic E-state index is 14.5. The van der Waals surface area contributed by atoms with Gasteiger partial charge in [0.2, 0.25) is 17.7 Å². The van der Waals surface area contributed by atoms with Gasteiger partial charge >= 0.3 is 0 Å². The van der Waals surface area contributed by atoms with E-state index in [0.717, 1.165) is 29.4 Å². The fourth-order valence-corrected chi connectivity index (χ4v) is 9.76. The number of rotatable bonds is 10. The predicted octanol–water partition coefficient (Wildman–Crippen LogP) is 2.71. The smallest absolute Gasteiger partial charge is 0.245 e. The number of para-hydroxylation sites is 1. The molecule has 3 aliphatic heterocycles. The van der Waals surface area contributed by atoms with E-state index < -0.39 is 33.4 Å². The van der Waals surface area contributed by atoms with Gasteiger partial charge in [-0.2, -0.15) is 0 Å². The minimum absolute atomic E-state index is 0.0353. The lowest BCUT2D eigenvalue weighted by atomic mass is 9.66. The Morgan fingerprint density at radius 3 is 2.57 bits per heavy atom. The molecule has 0 saturated carbocycles. The Hall–Kier alpha value is -3.44. The highest BCUT2D eigenvalue weighted by Gasteiger charge is 2.77. The molecule has 2 bridgehead atoms. The van der Waals surface area contributed by atoms with E-state index in [9.17, 15) is 19.5 Å². The number of aromatic nitrogens is 3. The maximum Gasteiger partial charge on any atom is 0.245 e. The number of aliphatic hydroxyl groups excluding tert-OH is 1. The van der Waals surface area contributed by atoms with Gasteiger partial charge in [0.1, 0.15) is 18.2 Å². The van der Waals surface area contributed by atoms with Gasteiger partial charge in [-0.15, -0.1) is 16.9 Å². The van der Waals surface area contributed by atoms with Gasteiger partial charge in [0.05, 0.1) is 34.7 Å². The Morgan fingerprint density at radius 2 is 1.83 bits per heavy atom. The second-order valence-electron chi connectivity index (χ2n) is 12.1. The quantitative estimate of drug-likeness (QED) is 0.331. The highest BCUT2D eigenvalue weighted by atomic mass is 32.2. The molecule has 1 aromatic heterocycles. The van der Waals surface area contributed by atoms with Gasteiger partial charge < -0.3 is 20.6 Å². The molecule has 3 N–H and O–H groups in total. The summed E-state index contributed by atoms with van der Waals surface area (Å²) in [6.07, 6.45) is 2.10. The Balaban J connectivity index is 1.32. The zero-order chi connectivity index (χ0) is 29.6. The lowest BCUT2D eigenvalue weighted by molar-refractivity contribution is -0.144.